The Balaban J connectivity index is 2.31. The standard InChI is InChI=1S/C19H24N2O4S/c1-13-10-14(2)12-17(11-13)21(26(5,23)24)15(3)19(22)20-16-6-8-18(25-4)9-7-16/h6-12,15H,1-5H3,(H,20,22)/t15-/m1/s1. The molecule has 1 N–H and O–H groups in total. The Morgan fingerprint density at radius 1 is 1.08 bits per heavy atom. The van der Waals surface area contributed by atoms with Gasteiger partial charge in [-0.15, -0.1) is 0 Å². The van der Waals surface area contributed by atoms with Crippen molar-refractivity contribution < 1.29 is 17.9 Å². The lowest BCUT2D eigenvalue weighted by Crippen LogP contribution is -2.45. The number of rotatable bonds is 6. The summed E-state index contributed by atoms with van der Waals surface area (Å²) in [4.78, 5) is 12.6. The van der Waals surface area contributed by atoms with Gasteiger partial charge in [-0.05, 0) is 68.3 Å². The number of benzene rings is 2. The summed E-state index contributed by atoms with van der Waals surface area (Å²) in [6.07, 6.45) is 1.10. The molecule has 0 bridgehead atoms. The van der Waals surface area contributed by atoms with Gasteiger partial charge in [-0.3, -0.25) is 9.10 Å². The van der Waals surface area contributed by atoms with Crippen molar-refractivity contribution >= 4 is 27.3 Å². The number of anilines is 2. The number of sulfonamides is 1. The topological polar surface area (TPSA) is 75.7 Å². The van der Waals surface area contributed by atoms with Crippen molar-refractivity contribution in [2.24, 2.45) is 0 Å². The first-order valence-corrected chi connectivity index (χ1v) is 9.99. The van der Waals surface area contributed by atoms with Crippen LogP contribution >= 0.6 is 0 Å². The first-order chi connectivity index (χ1) is 12.1. The van der Waals surface area contributed by atoms with Gasteiger partial charge in [0.1, 0.15) is 11.8 Å². The zero-order valence-corrected chi connectivity index (χ0v) is 16.4. The van der Waals surface area contributed by atoms with E-state index < -0.39 is 22.0 Å². The fourth-order valence-electron chi connectivity index (χ4n) is 2.81. The minimum absolute atomic E-state index is 0.417. The van der Waals surface area contributed by atoms with Crippen molar-refractivity contribution in [3.63, 3.8) is 0 Å². The van der Waals surface area contributed by atoms with Crippen molar-refractivity contribution in [2.75, 3.05) is 23.0 Å². The number of amides is 1. The van der Waals surface area contributed by atoms with E-state index in [2.05, 4.69) is 5.32 Å². The number of aryl methyl sites for hydroxylation is 2. The Morgan fingerprint density at radius 3 is 2.08 bits per heavy atom. The molecule has 0 aliphatic heterocycles. The molecule has 0 fully saturated rings. The Morgan fingerprint density at radius 2 is 1.62 bits per heavy atom. The Bertz CT molecular complexity index is 872. The third-order valence-electron chi connectivity index (χ3n) is 3.91. The minimum atomic E-state index is -3.65. The van der Waals surface area contributed by atoms with Crippen molar-refractivity contribution in [2.45, 2.75) is 26.8 Å². The number of hydrogen-bond acceptors (Lipinski definition) is 4. The highest BCUT2D eigenvalue weighted by Gasteiger charge is 2.29. The van der Waals surface area contributed by atoms with Crippen molar-refractivity contribution in [3.8, 4) is 5.75 Å². The minimum Gasteiger partial charge on any atom is -0.497 e. The maximum atomic E-state index is 12.6. The molecule has 1 atom stereocenters. The summed E-state index contributed by atoms with van der Waals surface area (Å²) < 4.78 is 31.0. The number of carbonyl (C=O) groups excluding carboxylic acids is 1. The number of nitrogens with zero attached hydrogens (tertiary/aromatic N) is 1. The SMILES string of the molecule is COc1ccc(NC(=O)[C@@H](C)N(c2cc(C)cc(C)c2)S(C)(=O)=O)cc1. The molecule has 1 amide bonds. The lowest BCUT2D eigenvalue weighted by Gasteiger charge is -2.28. The molecule has 7 heteroatoms. The number of carbonyl (C=O) groups is 1. The van der Waals surface area contributed by atoms with Gasteiger partial charge in [-0.1, -0.05) is 6.07 Å². The molecule has 0 unspecified atom stereocenters. The molecule has 0 saturated carbocycles. The van der Waals surface area contributed by atoms with E-state index in [-0.39, 0.29) is 0 Å². The molecule has 0 aliphatic carbocycles. The van der Waals surface area contributed by atoms with E-state index in [0.717, 1.165) is 21.7 Å². The summed E-state index contributed by atoms with van der Waals surface area (Å²) >= 11 is 0. The molecule has 0 heterocycles. The largest absolute Gasteiger partial charge is 0.497 e. The van der Waals surface area contributed by atoms with Crippen LogP contribution in [-0.2, 0) is 14.8 Å². The fraction of sp³-hybridized carbons (Fsp3) is 0.316. The predicted molar refractivity (Wildman–Crippen MR) is 104 cm³/mol. The molecule has 2 aromatic carbocycles. The molecular formula is C19H24N2O4S. The van der Waals surface area contributed by atoms with Crippen LogP contribution in [-0.4, -0.2) is 33.7 Å². The zero-order valence-electron chi connectivity index (χ0n) is 15.6. The van der Waals surface area contributed by atoms with E-state index in [1.165, 1.54) is 0 Å². The lowest BCUT2D eigenvalue weighted by molar-refractivity contribution is -0.116. The second-order valence-electron chi connectivity index (χ2n) is 6.30. The summed E-state index contributed by atoms with van der Waals surface area (Å²) in [7, 11) is -2.09. The smallest absolute Gasteiger partial charge is 0.247 e. The Hall–Kier alpha value is -2.54. The highest BCUT2D eigenvalue weighted by molar-refractivity contribution is 7.92. The van der Waals surface area contributed by atoms with Crippen LogP contribution in [0, 0.1) is 13.8 Å². The maximum absolute atomic E-state index is 12.6. The van der Waals surface area contributed by atoms with E-state index >= 15 is 0 Å². The van der Waals surface area contributed by atoms with E-state index in [9.17, 15) is 13.2 Å². The molecule has 6 nitrogen and oxygen atoms in total. The van der Waals surface area contributed by atoms with Crippen LogP contribution in [0.3, 0.4) is 0 Å². The third-order valence-corrected chi connectivity index (χ3v) is 5.15. The average Bonchev–Trinajstić information content (AvgIpc) is 2.53. The summed E-state index contributed by atoms with van der Waals surface area (Å²) in [5.41, 5.74) is 2.90. The second kappa shape index (κ2) is 7.78. The Kier molecular flexibility index (Phi) is 5.92. The highest BCUT2D eigenvalue weighted by atomic mass is 32.2. The molecule has 26 heavy (non-hydrogen) atoms. The van der Waals surface area contributed by atoms with Crippen molar-refractivity contribution in [1.29, 1.82) is 0 Å². The third kappa shape index (κ3) is 4.76. The molecule has 0 saturated heterocycles. The van der Waals surface area contributed by atoms with Gasteiger partial charge in [0.15, 0.2) is 0 Å². The Labute approximate surface area is 154 Å². The summed E-state index contributed by atoms with van der Waals surface area (Å²) in [5.74, 6) is 0.254. The van der Waals surface area contributed by atoms with Gasteiger partial charge in [0.25, 0.3) is 0 Å². The molecule has 0 aliphatic rings. The van der Waals surface area contributed by atoms with Gasteiger partial charge in [0.05, 0.1) is 19.1 Å². The number of ether oxygens (including phenoxy) is 1. The van der Waals surface area contributed by atoms with E-state index in [4.69, 9.17) is 4.74 Å². The summed E-state index contributed by atoms with van der Waals surface area (Å²) in [6, 6.07) is 11.4. The fourth-order valence-corrected chi connectivity index (χ4v) is 3.97. The van der Waals surface area contributed by atoms with E-state index in [0.29, 0.717) is 17.1 Å². The van der Waals surface area contributed by atoms with Gasteiger partial charge in [-0.2, -0.15) is 0 Å². The molecule has 0 aromatic heterocycles. The molecule has 2 rings (SSSR count). The number of nitrogens with one attached hydrogen (secondary N) is 1. The van der Waals surface area contributed by atoms with Crippen LogP contribution < -0.4 is 14.4 Å². The monoisotopic (exact) mass is 376 g/mol. The van der Waals surface area contributed by atoms with E-state index in [1.54, 1.807) is 50.4 Å². The van der Waals surface area contributed by atoms with Crippen LogP contribution in [0.4, 0.5) is 11.4 Å². The molecule has 0 spiro atoms. The van der Waals surface area contributed by atoms with Gasteiger partial charge in [-0.25, -0.2) is 8.42 Å². The molecule has 0 radical (unpaired) electrons. The predicted octanol–water partition coefficient (Wildman–Crippen LogP) is 3.11. The summed E-state index contributed by atoms with van der Waals surface area (Å²) in [5, 5.41) is 2.74. The maximum Gasteiger partial charge on any atom is 0.247 e. The first-order valence-electron chi connectivity index (χ1n) is 8.14. The second-order valence-corrected chi connectivity index (χ2v) is 8.16. The van der Waals surface area contributed by atoms with Crippen LogP contribution in [0.1, 0.15) is 18.1 Å². The van der Waals surface area contributed by atoms with Crippen LogP contribution in [0.25, 0.3) is 0 Å². The number of methoxy groups -OCH3 is 1. The van der Waals surface area contributed by atoms with E-state index in [1.807, 2.05) is 19.9 Å². The quantitative estimate of drug-likeness (QED) is 0.840. The van der Waals surface area contributed by atoms with Gasteiger partial charge >= 0.3 is 0 Å². The van der Waals surface area contributed by atoms with Crippen LogP contribution in [0.2, 0.25) is 0 Å². The van der Waals surface area contributed by atoms with Crippen LogP contribution in [0.15, 0.2) is 42.5 Å². The lowest BCUT2D eigenvalue weighted by atomic mass is 10.1. The van der Waals surface area contributed by atoms with Crippen molar-refractivity contribution in [1.82, 2.24) is 0 Å². The molecule has 140 valence electrons. The van der Waals surface area contributed by atoms with Crippen LogP contribution in [0.5, 0.6) is 5.75 Å². The number of hydrogen-bond donors (Lipinski definition) is 1. The van der Waals surface area contributed by atoms with Crippen molar-refractivity contribution in [3.05, 3.63) is 53.6 Å². The average molecular weight is 376 g/mol. The van der Waals surface area contributed by atoms with Gasteiger partial charge < -0.3 is 10.1 Å². The zero-order chi connectivity index (χ0) is 19.5. The first kappa shape index (κ1) is 19.8. The summed E-state index contributed by atoms with van der Waals surface area (Å²) in [6.45, 7) is 5.34. The van der Waals surface area contributed by atoms with Gasteiger partial charge in [0, 0.05) is 5.69 Å². The highest BCUT2D eigenvalue weighted by Crippen LogP contribution is 2.24. The van der Waals surface area contributed by atoms with Gasteiger partial charge in [0.2, 0.25) is 15.9 Å². The normalized spacial score (nSPS) is 12.3. The molecule has 2 aromatic rings. The molecular weight excluding hydrogens is 352 g/mol.